The van der Waals surface area contributed by atoms with Crippen molar-refractivity contribution in [2.24, 2.45) is 0 Å². The number of pyridine rings is 1. The molecule has 5 nitrogen and oxygen atoms in total. The van der Waals surface area contributed by atoms with E-state index in [1.54, 1.807) is 23.2 Å². The number of hydrogen-bond donors (Lipinski definition) is 1. The smallest absolute Gasteiger partial charge is 0.218 e. The predicted molar refractivity (Wildman–Crippen MR) is 55.2 cm³/mol. The Bertz CT molecular complexity index is 535. The highest BCUT2D eigenvalue weighted by atomic mass is 15.1. The summed E-state index contributed by atoms with van der Waals surface area (Å²) in [6.07, 6.45) is 4.83. The number of aromatic nitrogens is 3. The van der Waals surface area contributed by atoms with Gasteiger partial charge < -0.3 is 5.73 Å². The Hall–Kier alpha value is -2.35. The predicted octanol–water partition coefficient (Wildman–Crippen LogP) is 1.03. The van der Waals surface area contributed by atoms with Gasteiger partial charge in [0, 0.05) is 12.4 Å². The summed E-state index contributed by atoms with van der Waals surface area (Å²) in [6.45, 7) is 1.89. The maximum Gasteiger partial charge on any atom is 0.218 e. The van der Waals surface area contributed by atoms with E-state index in [9.17, 15) is 0 Å². The molecule has 15 heavy (non-hydrogen) atoms. The van der Waals surface area contributed by atoms with Gasteiger partial charge in [-0.1, -0.05) is 0 Å². The zero-order chi connectivity index (χ0) is 10.8. The molecule has 2 aromatic rings. The first-order chi connectivity index (χ1) is 7.22. The molecule has 0 aliphatic carbocycles. The number of anilines is 1. The molecule has 74 valence electrons. The fraction of sp³-hybridized carbons (Fsp3) is 0.100. The second-order valence-electron chi connectivity index (χ2n) is 3.13. The van der Waals surface area contributed by atoms with Gasteiger partial charge in [0.2, 0.25) is 5.82 Å². The van der Waals surface area contributed by atoms with Crippen LogP contribution < -0.4 is 5.73 Å². The van der Waals surface area contributed by atoms with Crippen LogP contribution in [0.2, 0.25) is 0 Å². The lowest BCUT2D eigenvalue weighted by molar-refractivity contribution is 0.964. The van der Waals surface area contributed by atoms with E-state index in [2.05, 4.69) is 9.97 Å². The number of nitriles is 1. The van der Waals surface area contributed by atoms with Crippen molar-refractivity contribution in [2.75, 3.05) is 5.73 Å². The SMILES string of the molecule is Cc1cc(-n2ccnc2C#N)ncc1N. The third kappa shape index (κ3) is 1.53. The van der Waals surface area contributed by atoms with E-state index in [1.165, 1.54) is 0 Å². The maximum absolute atomic E-state index is 8.81. The minimum atomic E-state index is 0.312. The fourth-order valence-corrected chi connectivity index (χ4v) is 1.25. The molecule has 0 aliphatic heterocycles. The third-order valence-corrected chi connectivity index (χ3v) is 2.12. The molecule has 2 N–H and O–H groups in total. The Morgan fingerprint density at radius 2 is 2.27 bits per heavy atom. The Morgan fingerprint density at radius 3 is 2.93 bits per heavy atom. The van der Waals surface area contributed by atoms with E-state index in [-0.39, 0.29) is 0 Å². The summed E-state index contributed by atoms with van der Waals surface area (Å²) in [5.74, 6) is 0.961. The molecule has 0 aromatic carbocycles. The van der Waals surface area contributed by atoms with Gasteiger partial charge in [0.05, 0.1) is 11.9 Å². The van der Waals surface area contributed by atoms with Crippen LogP contribution in [-0.4, -0.2) is 14.5 Å². The molecule has 0 spiro atoms. The van der Waals surface area contributed by atoms with E-state index in [1.807, 2.05) is 19.1 Å². The lowest BCUT2D eigenvalue weighted by atomic mass is 10.2. The van der Waals surface area contributed by atoms with Gasteiger partial charge in [-0.15, -0.1) is 0 Å². The number of rotatable bonds is 1. The highest BCUT2D eigenvalue weighted by molar-refractivity contribution is 5.47. The van der Waals surface area contributed by atoms with E-state index in [0.29, 0.717) is 17.3 Å². The van der Waals surface area contributed by atoms with E-state index >= 15 is 0 Å². The lowest BCUT2D eigenvalue weighted by Gasteiger charge is -2.05. The van der Waals surface area contributed by atoms with Crippen molar-refractivity contribution in [1.82, 2.24) is 14.5 Å². The van der Waals surface area contributed by atoms with Gasteiger partial charge in [0.1, 0.15) is 11.9 Å². The number of nitrogens with two attached hydrogens (primary N) is 1. The van der Waals surface area contributed by atoms with Crippen LogP contribution in [0.1, 0.15) is 11.4 Å². The van der Waals surface area contributed by atoms with Gasteiger partial charge in [0.25, 0.3) is 0 Å². The second kappa shape index (κ2) is 3.42. The molecule has 0 amide bonds. The van der Waals surface area contributed by atoms with Crippen molar-refractivity contribution >= 4 is 5.69 Å². The van der Waals surface area contributed by atoms with Crippen LogP contribution in [0.15, 0.2) is 24.7 Å². The first-order valence-corrected chi connectivity index (χ1v) is 4.38. The van der Waals surface area contributed by atoms with Crippen LogP contribution >= 0.6 is 0 Å². The van der Waals surface area contributed by atoms with Crippen molar-refractivity contribution in [3.63, 3.8) is 0 Å². The van der Waals surface area contributed by atoms with Crippen molar-refractivity contribution in [1.29, 1.82) is 5.26 Å². The number of imidazole rings is 1. The minimum absolute atomic E-state index is 0.312. The average molecular weight is 199 g/mol. The summed E-state index contributed by atoms with van der Waals surface area (Å²) >= 11 is 0. The molecule has 0 aliphatic rings. The summed E-state index contributed by atoms with van der Waals surface area (Å²) < 4.78 is 1.62. The highest BCUT2D eigenvalue weighted by Gasteiger charge is 2.05. The van der Waals surface area contributed by atoms with Gasteiger partial charge in [-0.2, -0.15) is 5.26 Å². The Balaban J connectivity index is 2.56. The fourth-order valence-electron chi connectivity index (χ4n) is 1.25. The number of nitrogens with zero attached hydrogens (tertiary/aromatic N) is 4. The van der Waals surface area contributed by atoms with Crippen LogP contribution in [0.3, 0.4) is 0 Å². The molecule has 2 heterocycles. The Morgan fingerprint density at radius 1 is 1.47 bits per heavy atom. The number of aryl methyl sites for hydroxylation is 1. The van der Waals surface area contributed by atoms with Crippen LogP contribution in [0.5, 0.6) is 0 Å². The van der Waals surface area contributed by atoms with Gasteiger partial charge in [-0.3, -0.25) is 4.57 Å². The highest BCUT2D eigenvalue weighted by Crippen LogP contribution is 2.13. The summed E-state index contributed by atoms with van der Waals surface area (Å²) in [7, 11) is 0. The first-order valence-electron chi connectivity index (χ1n) is 4.38. The zero-order valence-electron chi connectivity index (χ0n) is 8.18. The molecule has 0 radical (unpaired) electrons. The lowest BCUT2D eigenvalue weighted by Crippen LogP contribution is -2.01. The molecular weight excluding hydrogens is 190 g/mol. The molecule has 2 rings (SSSR count). The van der Waals surface area contributed by atoms with E-state index in [0.717, 1.165) is 5.56 Å². The summed E-state index contributed by atoms with van der Waals surface area (Å²) in [5.41, 5.74) is 7.23. The number of nitrogen functional groups attached to an aromatic ring is 1. The Labute approximate surface area is 86.8 Å². The largest absolute Gasteiger partial charge is 0.397 e. The quantitative estimate of drug-likeness (QED) is 0.743. The molecule has 0 saturated carbocycles. The summed E-state index contributed by atoms with van der Waals surface area (Å²) in [6, 6.07) is 3.81. The first kappa shape index (κ1) is 9.21. The van der Waals surface area contributed by atoms with Crippen molar-refractivity contribution < 1.29 is 0 Å². The average Bonchev–Trinajstić information content (AvgIpc) is 2.70. The molecule has 5 heteroatoms. The maximum atomic E-state index is 8.81. The molecule has 0 unspecified atom stereocenters. The van der Waals surface area contributed by atoms with Crippen molar-refractivity contribution in [3.8, 4) is 11.9 Å². The van der Waals surface area contributed by atoms with Gasteiger partial charge in [0.15, 0.2) is 0 Å². The van der Waals surface area contributed by atoms with E-state index in [4.69, 9.17) is 11.0 Å². The Kier molecular flexibility index (Phi) is 2.10. The summed E-state index contributed by atoms with van der Waals surface area (Å²) in [4.78, 5) is 8.03. The van der Waals surface area contributed by atoms with Crippen LogP contribution in [0.25, 0.3) is 5.82 Å². The molecule has 0 saturated heterocycles. The molecule has 0 atom stereocenters. The zero-order valence-corrected chi connectivity index (χ0v) is 8.18. The topological polar surface area (TPSA) is 80.5 Å². The van der Waals surface area contributed by atoms with Crippen LogP contribution in [-0.2, 0) is 0 Å². The standard InChI is InChI=1S/C10H9N5/c1-7-4-9(14-6-8(7)12)15-3-2-13-10(15)5-11/h2-4,6H,12H2,1H3. The van der Waals surface area contributed by atoms with Crippen molar-refractivity contribution in [2.45, 2.75) is 6.92 Å². The third-order valence-electron chi connectivity index (χ3n) is 2.12. The molecule has 2 aromatic heterocycles. The molecule has 0 bridgehead atoms. The van der Waals surface area contributed by atoms with Crippen LogP contribution in [0, 0.1) is 18.3 Å². The monoisotopic (exact) mass is 199 g/mol. The van der Waals surface area contributed by atoms with Gasteiger partial charge in [-0.05, 0) is 18.6 Å². The number of hydrogen-bond acceptors (Lipinski definition) is 4. The van der Waals surface area contributed by atoms with Crippen molar-refractivity contribution in [3.05, 3.63) is 36.0 Å². The van der Waals surface area contributed by atoms with Gasteiger partial charge in [-0.25, -0.2) is 9.97 Å². The summed E-state index contributed by atoms with van der Waals surface area (Å²) in [5, 5.41) is 8.81. The van der Waals surface area contributed by atoms with E-state index < -0.39 is 0 Å². The molecular formula is C10H9N5. The second-order valence-corrected chi connectivity index (χ2v) is 3.13. The minimum Gasteiger partial charge on any atom is -0.397 e. The molecule has 0 fully saturated rings. The van der Waals surface area contributed by atoms with Gasteiger partial charge >= 0.3 is 0 Å². The van der Waals surface area contributed by atoms with Crippen LogP contribution in [0.4, 0.5) is 5.69 Å². The normalized spacial score (nSPS) is 9.87.